The van der Waals surface area contributed by atoms with Crippen LogP contribution in [0.3, 0.4) is 0 Å². The van der Waals surface area contributed by atoms with Crippen LogP contribution < -0.4 is 9.47 Å². The summed E-state index contributed by atoms with van der Waals surface area (Å²) in [6.45, 7) is 2.67. The predicted molar refractivity (Wildman–Crippen MR) is 97.7 cm³/mol. The summed E-state index contributed by atoms with van der Waals surface area (Å²) in [6.07, 6.45) is 3.48. The number of ether oxygens (including phenoxy) is 2. The van der Waals surface area contributed by atoms with Gasteiger partial charge >= 0.3 is 11.9 Å². The summed E-state index contributed by atoms with van der Waals surface area (Å²) >= 11 is 0. The molecule has 7 heteroatoms. The van der Waals surface area contributed by atoms with Gasteiger partial charge in [-0.15, -0.1) is 0 Å². The Labute approximate surface area is 155 Å². The van der Waals surface area contributed by atoms with Gasteiger partial charge in [0.15, 0.2) is 5.82 Å². The highest BCUT2D eigenvalue weighted by molar-refractivity contribution is 5.74. The van der Waals surface area contributed by atoms with E-state index in [2.05, 4.69) is 10.1 Å². The number of benzene rings is 2. The van der Waals surface area contributed by atoms with Crippen molar-refractivity contribution in [1.82, 2.24) is 10.1 Å². The minimum Gasteiger partial charge on any atom is -0.427 e. The third-order valence-corrected chi connectivity index (χ3v) is 3.38. The highest BCUT2D eigenvalue weighted by Gasteiger charge is 2.14. The van der Waals surface area contributed by atoms with Gasteiger partial charge in [0.1, 0.15) is 11.5 Å². The second-order valence-corrected chi connectivity index (χ2v) is 5.54. The van der Waals surface area contributed by atoms with E-state index in [0.29, 0.717) is 22.9 Å². The molecule has 0 saturated heterocycles. The summed E-state index contributed by atoms with van der Waals surface area (Å²) < 4.78 is 15.4. The van der Waals surface area contributed by atoms with Crippen molar-refractivity contribution < 1.29 is 23.6 Å². The molecule has 0 aliphatic rings. The Bertz CT molecular complexity index is 990. The van der Waals surface area contributed by atoms with E-state index in [-0.39, 0.29) is 11.9 Å². The van der Waals surface area contributed by atoms with Crippen molar-refractivity contribution in [2.75, 3.05) is 0 Å². The first-order valence-electron chi connectivity index (χ1n) is 8.09. The Morgan fingerprint density at radius 1 is 0.926 bits per heavy atom. The number of hydrogen-bond acceptors (Lipinski definition) is 7. The van der Waals surface area contributed by atoms with Gasteiger partial charge in [-0.05, 0) is 35.9 Å². The Kier molecular flexibility index (Phi) is 5.41. The van der Waals surface area contributed by atoms with Crippen molar-refractivity contribution in [2.24, 2.45) is 0 Å². The SMILES string of the molecule is CC(=O)Oc1ccc(C=Cc2noc(-c3ccccc3OC(C)=O)n2)cc1. The van der Waals surface area contributed by atoms with Crippen LogP contribution in [0.15, 0.2) is 53.1 Å². The third-order valence-electron chi connectivity index (χ3n) is 3.38. The van der Waals surface area contributed by atoms with Crippen molar-refractivity contribution >= 4 is 24.1 Å². The van der Waals surface area contributed by atoms with Crippen LogP contribution in [0.25, 0.3) is 23.6 Å². The monoisotopic (exact) mass is 364 g/mol. The van der Waals surface area contributed by atoms with Crippen LogP contribution in [0, 0.1) is 0 Å². The van der Waals surface area contributed by atoms with Gasteiger partial charge in [-0.2, -0.15) is 4.98 Å². The van der Waals surface area contributed by atoms with Gasteiger partial charge < -0.3 is 14.0 Å². The van der Waals surface area contributed by atoms with Gasteiger partial charge in [0.2, 0.25) is 0 Å². The fourth-order valence-electron chi connectivity index (χ4n) is 2.28. The molecule has 0 spiro atoms. The van der Waals surface area contributed by atoms with Crippen molar-refractivity contribution in [2.45, 2.75) is 13.8 Å². The van der Waals surface area contributed by atoms with Gasteiger partial charge in [-0.25, -0.2) is 0 Å². The summed E-state index contributed by atoms with van der Waals surface area (Å²) in [5, 5.41) is 3.90. The number of carbonyl (C=O) groups excluding carboxylic acids is 2. The Morgan fingerprint density at radius 3 is 2.33 bits per heavy atom. The number of esters is 2. The quantitative estimate of drug-likeness (QED) is 0.503. The number of carbonyl (C=O) groups is 2. The third kappa shape index (κ3) is 4.88. The van der Waals surface area contributed by atoms with Crippen LogP contribution in [0.1, 0.15) is 25.2 Å². The van der Waals surface area contributed by atoms with E-state index < -0.39 is 5.97 Å². The molecule has 0 radical (unpaired) electrons. The van der Waals surface area contributed by atoms with Crippen LogP contribution in [-0.2, 0) is 9.59 Å². The predicted octanol–water partition coefficient (Wildman–Crippen LogP) is 3.76. The lowest BCUT2D eigenvalue weighted by atomic mass is 10.2. The van der Waals surface area contributed by atoms with Crippen LogP contribution in [0.5, 0.6) is 11.5 Å². The summed E-state index contributed by atoms with van der Waals surface area (Å²) in [7, 11) is 0. The zero-order valence-corrected chi connectivity index (χ0v) is 14.7. The van der Waals surface area contributed by atoms with E-state index in [1.807, 2.05) is 0 Å². The highest BCUT2D eigenvalue weighted by Crippen LogP contribution is 2.28. The lowest BCUT2D eigenvalue weighted by Gasteiger charge is -2.04. The summed E-state index contributed by atoms with van der Waals surface area (Å²) in [5.41, 5.74) is 1.41. The molecule has 1 heterocycles. The fraction of sp³-hybridized carbons (Fsp3) is 0.100. The van der Waals surface area contributed by atoms with Crippen molar-refractivity contribution in [3.63, 3.8) is 0 Å². The summed E-state index contributed by atoms with van der Waals surface area (Å²) in [4.78, 5) is 26.4. The molecule has 0 bridgehead atoms. The molecule has 0 aliphatic carbocycles. The second-order valence-electron chi connectivity index (χ2n) is 5.54. The minimum atomic E-state index is -0.431. The molecule has 0 fully saturated rings. The number of hydrogen-bond donors (Lipinski definition) is 0. The number of aromatic nitrogens is 2. The van der Waals surface area contributed by atoms with Crippen molar-refractivity contribution in [1.29, 1.82) is 0 Å². The Hall–Kier alpha value is -3.74. The maximum Gasteiger partial charge on any atom is 0.308 e. The molecular formula is C20H16N2O5. The van der Waals surface area contributed by atoms with Crippen LogP contribution in [-0.4, -0.2) is 22.1 Å². The van der Waals surface area contributed by atoms with E-state index in [9.17, 15) is 9.59 Å². The average Bonchev–Trinajstić information content (AvgIpc) is 3.09. The molecule has 3 aromatic rings. The maximum absolute atomic E-state index is 11.2. The smallest absolute Gasteiger partial charge is 0.308 e. The number of nitrogens with zero attached hydrogens (tertiary/aromatic N) is 2. The molecule has 3 rings (SSSR count). The summed E-state index contributed by atoms with van der Waals surface area (Å²) in [6, 6.07) is 13.9. The van der Waals surface area contributed by atoms with E-state index >= 15 is 0 Å². The van der Waals surface area contributed by atoms with Crippen molar-refractivity contribution in [3.8, 4) is 23.0 Å². The Balaban J connectivity index is 1.76. The number of para-hydroxylation sites is 1. The topological polar surface area (TPSA) is 91.5 Å². The highest BCUT2D eigenvalue weighted by atomic mass is 16.5. The first-order valence-corrected chi connectivity index (χ1v) is 8.09. The molecule has 2 aromatic carbocycles. The van der Waals surface area contributed by atoms with Gasteiger partial charge in [-0.1, -0.05) is 35.5 Å². The molecule has 7 nitrogen and oxygen atoms in total. The fourth-order valence-corrected chi connectivity index (χ4v) is 2.28. The largest absolute Gasteiger partial charge is 0.427 e. The molecule has 27 heavy (non-hydrogen) atoms. The Morgan fingerprint density at radius 2 is 1.63 bits per heavy atom. The zero-order valence-electron chi connectivity index (χ0n) is 14.7. The molecule has 0 amide bonds. The van der Waals surface area contributed by atoms with Gasteiger partial charge in [-0.3, -0.25) is 9.59 Å². The second kappa shape index (κ2) is 8.09. The molecule has 0 unspecified atom stereocenters. The molecule has 1 aromatic heterocycles. The lowest BCUT2D eigenvalue weighted by molar-refractivity contribution is -0.132. The maximum atomic E-state index is 11.2. The average molecular weight is 364 g/mol. The molecule has 0 atom stereocenters. The van der Waals surface area contributed by atoms with Gasteiger partial charge in [0.05, 0.1) is 5.56 Å². The first-order chi connectivity index (χ1) is 13.0. The van der Waals surface area contributed by atoms with Gasteiger partial charge in [0, 0.05) is 13.8 Å². The van der Waals surface area contributed by atoms with Gasteiger partial charge in [0.25, 0.3) is 5.89 Å². The molecule has 136 valence electrons. The van der Waals surface area contributed by atoms with E-state index in [1.54, 1.807) is 60.7 Å². The van der Waals surface area contributed by atoms with E-state index in [1.165, 1.54) is 13.8 Å². The van der Waals surface area contributed by atoms with Crippen molar-refractivity contribution in [3.05, 3.63) is 59.9 Å². The molecular weight excluding hydrogens is 348 g/mol. The number of rotatable bonds is 5. The van der Waals surface area contributed by atoms with Crippen LogP contribution >= 0.6 is 0 Å². The van der Waals surface area contributed by atoms with Crippen LogP contribution in [0.4, 0.5) is 0 Å². The normalized spacial score (nSPS) is 10.7. The van der Waals surface area contributed by atoms with E-state index in [0.717, 1.165) is 5.56 Å². The molecule has 0 saturated carbocycles. The van der Waals surface area contributed by atoms with Crippen LogP contribution in [0.2, 0.25) is 0 Å². The molecule has 0 N–H and O–H groups in total. The first kappa shape index (κ1) is 18.1. The lowest BCUT2D eigenvalue weighted by Crippen LogP contribution is -2.02. The van der Waals surface area contributed by atoms with E-state index in [4.69, 9.17) is 14.0 Å². The standard InChI is InChI=1S/C20H16N2O5/c1-13(23)25-16-10-7-15(8-11-16)9-12-19-21-20(27-22-19)17-5-3-4-6-18(17)26-14(2)24/h3-12H,1-2H3. The summed E-state index contributed by atoms with van der Waals surface area (Å²) in [5.74, 6) is 0.642. The molecule has 0 aliphatic heterocycles. The zero-order chi connectivity index (χ0) is 19.2. The minimum absolute atomic E-state index is 0.247.